The molecule has 0 saturated carbocycles. The van der Waals surface area contributed by atoms with E-state index in [1.807, 2.05) is 6.07 Å². The van der Waals surface area contributed by atoms with Crippen molar-refractivity contribution in [2.75, 3.05) is 31.8 Å². The maximum Gasteiger partial charge on any atom is 0.241 e. The Kier molecular flexibility index (Phi) is 5.57. The lowest BCUT2D eigenvalue weighted by atomic mass is 10.1. The highest BCUT2D eigenvalue weighted by molar-refractivity contribution is 7.89. The number of carbonyl (C=O) groups excluding carboxylic acids is 1. The monoisotopic (exact) mass is 432 g/mol. The van der Waals surface area contributed by atoms with Crippen LogP contribution in [0.15, 0.2) is 41.3 Å². The topological polar surface area (TPSA) is 94.2 Å². The van der Waals surface area contributed by atoms with Gasteiger partial charge in [0.1, 0.15) is 19.0 Å². The summed E-state index contributed by atoms with van der Waals surface area (Å²) in [6.45, 7) is 3.26. The molecule has 0 spiro atoms. The second kappa shape index (κ2) is 8.16. The minimum Gasteiger partial charge on any atom is -0.495 e. The molecule has 1 saturated heterocycles. The van der Waals surface area contributed by atoms with Gasteiger partial charge in [0.25, 0.3) is 0 Å². The number of ether oxygens (including phenoxy) is 3. The van der Waals surface area contributed by atoms with Crippen LogP contribution in [0.25, 0.3) is 0 Å². The molecule has 2 aromatic carbocycles. The molecule has 9 heteroatoms. The average molecular weight is 432 g/mol. The second-order valence-corrected chi connectivity index (χ2v) is 8.94. The SMILES string of the molecule is COc1ccc(S(=O)(=O)NC(C)c2ccc3c(c2)OCCO3)cc1N1CCCC1=O. The summed E-state index contributed by atoms with van der Waals surface area (Å²) in [5.41, 5.74) is 1.22. The minimum absolute atomic E-state index is 0.0412. The Bertz CT molecular complexity index is 1070. The first-order valence-electron chi connectivity index (χ1n) is 9.79. The van der Waals surface area contributed by atoms with Gasteiger partial charge in [0, 0.05) is 19.0 Å². The lowest BCUT2D eigenvalue weighted by Crippen LogP contribution is -2.28. The number of benzene rings is 2. The molecule has 1 atom stereocenters. The summed E-state index contributed by atoms with van der Waals surface area (Å²) >= 11 is 0. The molecule has 160 valence electrons. The van der Waals surface area contributed by atoms with E-state index in [1.165, 1.54) is 19.2 Å². The summed E-state index contributed by atoms with van der Waals surface area (Å²) in [5.74, 6) is 1.67. The molecular formula is C21H24N2O6S. The van der Waals surface area contributed by atoms with E-state index in [4.69, 9.17) is 14.2 Å². The molecule has 1 fully saturated rings. The summed E-state index contributed by atoms with van der Waals surface area (Å²) in [6, 6.07) is 9.41. The molecule has 1 N–H and O–H groups in total. The van der Waals surface area contributed by atoms with Crippen molar-refractivity contribution in [2.24, 2.45) is 0 Å². The van der Waals surface area contributed by atoms with Crippen LogP contribution in [0, 0.1) is 0 Å². The van der Waals surface area contributed by atoms with E-state index >= 15 is 0 Å². The van der Waals surface area contributed by atoms with Gasteiger partial charge in [-0.15, -0.1) is 0 Å². The zero-order valence-corrected chi connectivity index (χ0v) is 17.7. The van der Waals surface area contributed by atoms with Gasteiger partial charge in [0.05, 0.1) is 17.7 Å². The number of hydrogen-bond donors (Lipinski definition) is 1. The van der Waals surface area contributed by atoms with Crippen LogP contribution in [-0.4, -0.2) is 41.2 Å². The third kappa shape index (κ3) is 3.95. The maximum absolute atomic E-state index is 13.0. The molecular weight excluding hydrogens is 408 g/mol. The fourth-order valence-electron chi connectivity index (χ4n) is 3.65. The van der Waals surface area contributed by atoms with E-state index in [-0.39, 0.29) is 10.8 Å². The van der Waals surface area contributed by atoms with Crippen molar-refractivity contribution in [1.82, 2.24) is 4.72 Å². The van der Waals surface area contributed by atoms with Crippen LogP contribution in [-0.2, 0) is 14.8 Å². The molecule has 2 aliphatic rings. The first-order chi connectivity index (χ1) is 14.4. The number of methoxy groups -OCH3 is 1. The van der Waals surface area contributed by atoms with Crippen molar-refractivity contribution in [3.63, 3.8) is 0 Å². The van der Waals surface area contributed by atoms with Gasteiger partial charge in [-0.05, 0) is 49.2 Å². The fourth-order valence-corrected chi connectivity index (χ4v) is 4.90. The highest BCUT2D eigenvalue weighted by Crippen LogP contribution is 2.35. The van der Waals surface area contributed by atoms with Crippen LogP contribution in [0.1, 0.15) is 31.4 Å². The van der Waals surface area contributed by atoms with Crippen molar-refractivity contribution >= 4 is 21.6 Å². The number of amides is 1. The zero-order chi connectivity index (χ0) is 21.3. The van der Waals surface area contributed by atoms with Crippen molar-refractivity contribution in [2.45, 2.75) is 30.7 Å². The number of nitrogens with one attached hydrogen (secondary N) is 1. The summed E-state index contributed by atoms with van der Waals surface area (Å²) < 4.78 is 45.2. The molecule has 30 heavy (non-hydrogen) atoms. The van der Waals surface area contributed by atoms with Gasteiger partial charge in [-0.25, -0.2) is 13.1 Å². The van der Waals surface area contributed by atoms with Crippen molar-refractivity contribution in [1.29, 1.82) is 0 Å². The maximum atomic E-state index is 13.0. The summed E-state index contributed by atoms with van der Waals surface area (Å²) in [5, 5.41) is 0. The Morgan fingerprint density at radius 1 is 1.10 bits per heavy atom. The lowest BCUT2D eigenvalue weighted by Gasteiger charge is -2.22. The smallest absolute Gasteiger partial charge is 0.241 e. The predicted molar refractivity (Wildman–Crippen MR) is 111 cm³/mol. The van der Waals surface area contributed by atoms with Crippen molar-refractivity contribution in [3.8, 4) is 17.2 Å². The number of rotatable bonds is 6. The zero-order valence-electron chi connectivity index (χ0n) is 16.9. The van der Waals surface area contributed by atoms with Crippen LogP contribution < -0.4 is 23.8 Å². The standard InChI is InChI=1S/C21H24N2O6S/c1-14(15-5-7-19-20(12-15)29-11-10-28-19)22-30(25,26)16-6-8-18(27-2)17(13-16)23-9-3-4-21(23)24/h5-8,12-14,22H,3-4,9-11H2,1-2H3. The van der Waals surface area contributed by atoms with Gasteiger partial charge >= 0.3 is 0 Å². The average Bonchev–Trinajstić information content (AvgIpc) is 3.18. The van der Waals surface area contributed by atoms with Gasteiger partial charge in [0.2, 0.25) is 15.9 Å². The van der Waals surface area contributed by atoms with Gasteiger partial charge in [-0.3, -0.25) is 4.79 Å². The Morgan fingerprint density at radius 3 is 2.57 bits per heavy atom. The molecule has 0 aliphatic carbocycles. The fraction of sp³-hybridized carbons (Fsp3) is 0.381. The van der Waals surface area contributed by atoms with Crippen LogP contribution in [0.5, 0.6) is 17.2 Å². The molecule has 2 aromatic rings. The number of carbonyl (C=O) groups is 1. The van der Waals surface area contributed by atoms with Gasteiger partial charge in [-0.1, -0.05) is 6.07 Å². The van der Waals surface area contributed by atoms with Crippen molar-refractivity contribution in [3.05, 3.63) is 42.0 Å². The molecule has 0 aromatic heterocycles. The molecule has 8 nitrogen and oxygen atoms in total. The largest absolute Gasteiger partial charge is 0.495 e. The number of fused-ring (bicyclic) bond motifs is 1. The predicted octanol–water partition coefficient (Wildman–Crippen LogP) is 2.63. The third-order valence-electron chi connectivity index (χ3n) is 5.22. The quantitative estimate of drug-likeness (QED) is 0.754. The summed E-state index contributed by atoms with van der Waals surface area (Å²) in [7, 11) is -2.34. The van der Waals surface area contributed by atoms with Gasteiger partial charge < -0.3 is 19.1 Å². The Hall–Kier alpha value is -2.78. The molecule has 2 aliphatic heterocycles. The first kappa shape index (κ1) is 20.5. The van der Waals surface area contributed by atoms with Gasteiger partial charge in [-0.2, -0.15) is 0 Å². The molecule has 4 rings (SSSR count). The Labute approximate surface area is 175 Å². The first-order valence-corrected chi connectivity index (χ1v) is 11.3. The van der Waals surface area contributed by atoms with E-state index in [0.29, 0.717) is 49.1 Å². The van der Waals surface area contributed by atoms with E-state index in [1.54, 1.807) is 30.0 Å². The normalized spacial score (nSPS) is 17.1. The minimum atomic E-state index is -3.84. The summed E-state index contributed by atoms with van der Waals surface area (Å²) in [6.07, 6.45) is 1.18. The van der Waals surface area contributed by atoms with E-state index in [2.05, 4.69) is 4.72 Å². The lowest BCUT2D eigenvalue weighted by molar-refractivity contribution is -0.117. The number of hydrogen-bond acceptors (Lipinski definition) is 6. The Morgan fingerprint density at radius 2 is 1.87 bits per heavy atom. The van der Waals surface area contributed by atoms with Crippen molar-refractivity contribution < 1.29 is 27.4 Å². The number of nitrogens with zero attached hydrogens (tertiary/aromatic N) is 1. The highest BCUT2D eigenvalue weighted by Gasteiger charge is 2.27. The van der Waals surface area contributed by atoms with Crippen LogP contribution in [0.2, 0.25) is 0 Å². The second-order valence-electron chi connectivity index (χ2n) is 7.23. The Balaban J connectivity index is 1.59. The number of sulfonamides is 1. The van der Waals surface area contributed by atoms with Crippen LogP contribution in [0.3, 0.4) is 0 Å². The molecule has 2 heterocycles. The third-order valence-corrected chi connectivity index (χ3v) is 6.76. The summed E-state index contributed by atoms with van der Waals surface area (Å²) in [4.78, 5) is 13.8. The molecule has 1 amide bonds. The molecule has 1 unspecified atom stereocenters. The van der Waals surface area contributed by atoms with Crippen LogP contribution >= 0.6 is 0 Å². The highest BCUT2D eigenvalue weighted by atomic mass is 32.2. The van der Waals surface area contributed by atoms with Crippen LogP contribution in [0.4, 0.5) is 5.69 Å². The molecule has 0 bridgehead atoms. The van der Waals surface area contributed by atoms with Gasteiger partial charge in [0.15, 0.2) is 11.5 Å². The van der Waals surface area contributed by atoms with E-state index < -0.39 is 16.1 Å². The van der Waals surface area contributed by atoms with E-state index in [0.717, 1.165) is 12.0 Å². The molecule has 0 radical (unpaired) electrons. The number of anilines is 1. The van der Waals surface area contributed by atoms with E-state index in [9.17, 15) is 13.2 Å².